The zero-order chi connectivity index (χ0) is 10.7. The fourth-order valence-corrected chi connectivity index (χ4v) is 2.23. The minimum absolute atomic E-state index is 0.136. The monoisotopic (exact) mass is 211 g/mol. The van der Waals surface area contributed by atoms with Crippen molar-refractivity contribution < 1.29 is 4.79 Å². The fraction of sp³-hybridized carbons (Fsp3) is 0.545. The van der Waals surface area contributed by atoms with E-state index in [1.54, 1.807) is 16.2 Å². The Morgan fingerprint density at radius 2 is 2.14 bits per heavy atom. The van der Waals surface area contributed by atoms with Crippen LogP contribution in [0.1, 0.15) is 28.4 Å². The van der Waals surface area contributed by atoms with Gasteiger partial charge in [0, 0.05) is 18.5 Å². The Kier molecular flexibility index (Phi) is 3.69. The first-order valence-corrected chi connectivity index (χ1v) is 5.64. The van der Waals surface area contributed by atoms with Gasteiger partial charge in [0.05, 0.1) is 4.88 Å². The summed E-state index contributed by atoms with van der Waals surface area (Å²) in [4.78, 5) is 15.6. The predicted molar refractivity (Wildman–Crippen MR) is 60.9 cm³/mol. The molecule has 0 N–H and O–H groups in total. The Labute approximate surface area is 89.5 Å². The molecule has 0 atom stereocenters. The number of hydrogen-bond acceptors (Lipinski definition) is 2. The lowest BCUT2D eigenvalue weighted by Crippen LogP contribution is -2.29. The molecule has 1 heterocycles. The Morgan fingerprint density at radius 1 is 1.50 bits per heavy atom. The SMILES string of the molecule is Cc1ccc(C(=O)N(C)CC(C)C)s1. The maximum atomic E-state index is 11.8. The number of rotatable bonds is 3. The van der Waals surface area contributed by atoms with Crippen molar-refractivity contribution in [1.82, 2.24) is 4.90 Å². The van der Waals surface area contributed by atoms with Crippen molar-refractivity contribution in [2.24, 2.45) is 5.92 Å². The molecule has 3 heteroatoms. The summed E-state index contributed by atoms with van der Waals surface area (Å²) in [5.74, 6) is 0.654. The van der Waals surface area contributed by atoms with Crippen LogP contribution in [0, 0.1) is 12.8 Å². The first kappa shape index (κ1) is 11.2. The molecule has 0 saturated heterocycles. The van der Waals surface area contributed by atoms with E-state index in [-0.39, 0.29) is 5.91 Å². The van der Waals surface area contributed by atoms with Crippen molar-refractivity contribution in [2.75, 3.05) is 13.6 Å². The van der Waals surface area contributed by atoms with Gasteiger partial charge in [-0.05, 0) is 25.0 Å². The van der Waals surface area contributed by atoms with Crippen molar-refractivity contribution in [3.05, 3.63) is 21.9 Å². The summed E-state index contributed by atoms with van der Waals surface area (Å²) in [5, 5.41) is 0. The number of hydrogen-bond donors (Lipinski definition) is 0. The molecule has 0 aliphatic heterocycles. The summed E-state index contributed by atoms with van der Waals surface area (Å²) < 4.78 is 0. The molecule has 0 radical (unpaired) electrons. The van der Waals surface area contributed by atoms with Gasteiger partial charge >= 0.3 is 0 Å². The van der Waals surface area contributed by atoms with E-state index < -0.39 is 0 Å². The van der Waals surface area contributed by atoms with Gasteiger partial charge in [-0.2, -0.15) is 0 Å². The van der Waals surface area contributed by atoms with E-state index in [1.807, 2.05) is 26.1 Å². The lowest BCUT2D eigenvalue weighted by atomic mass is 10.2. The van der Waals surface area contributed by atoms with Crippen molar-refractivity contribution >= 4 is 17.2 Å². The molecule has 0 aromatic carbocycles. The molecule has 0 unspecified atom stereocenters. The highest BCUT2D eigenvalue weighted by Crippen LogP contribution is 2.17. The van der Waals surface area contributed by atoms with E-state index in [0.29, 0.717) is 5.92 Å². The van der Waals surface area contributed by atoms with E-state index in [0.717, 1.165) is 11.4 Å². The van der Waals surface area contributed by atoms with Crippen LogP contribution in [0.5, 0.6) is 0 Å². The highest BCUT2D eigenvalue weighted by Gasteiger charge is 2.13. The highest BCUT2D eigenvalue weighted by atomic mass is 32.1. The van der Waals surface area contributed by atoms with Gasteiger partial charge in [0.15, 0.2) is 0 Å². The molecule has 78 valence electrons. The summed E-state index contributed by atoms with van der Waals surface area (Å²) in [5.41, 5.74) is 0. The zero-order valence-corrected chi connectivity index (χ0v) is 10.0. The molecule has 0 saturated carbocycles. The maximum Gasteiger partial charge on any atom is 0.263 e. The Morgan fingerprint density at radius 3 is 2.57 bits per heavy atom. The largest absolute Gasteiger partial charge is 0.341 e. The quantitative estimate of drug-likeness (QED) is 0.753. The smallest absolute Gasteiger partial charge is 0.263 e. The van der Waals surface area contributed by atoms with E-state index in [4.69, 9.17) is 0 Å². The second-order valence-electron chi connectivity index (χ2n) is 3.99. The van der Waals surface area contributed by atoms with Gasteiger partial charge in [0.2, 0.25) is 0 Å². The number of carbonyl (C=O) groups is 1. The number of nitrogens with zero attached hydrogens (tertiary/aromatic N) is 1. The zero-order valence-electron chi connectivity index (χ0n) is 9.20. The standard InChI is InChI=1S/C11H17NOS/c1-8(2)7-12(4)11(13)10-6-5-9(3)14-10/h5-6,8H,7H2,1-4H3. The van der Waals surface area contributed by atoms with Gasteiger partial charge in [-0.3, -0.25) is 4.79 Å². The third-order valence-corrected chi connectivity index (χ3v) is 2.93. The first-order valence-electron chi connectivity index (χ1n) is 4.82. The first-order chi connectivity index (χ1) is 6.50. The predicted octanol–water partition coefficient (Wildman–Crippen LogP) is 2.78. The van der Waals surface area contributed by atoms with E-state index in [1.165, 1.54) is 4.88 Å². The molecule has 0 fully saturated rings. The van der Waals surface area contributed by atoms with Crippen molar-refractivity contribution in [2.45, 2.75) is 20.8 Å². The Bertz CT molecular complexity index is 317. The number of thiophene rings is 1. The van der Waals surface area contributed by atoms with Crippen LogP contribution < -0.4 is 0 Å². The van der Waals surface area contributed by atoms with Gasteiger partial charge in [0.1, 0.15) is 0 Å². The molecular weight excluding hydrogens is 194 g/mol. The highest BCUT2D eigenvalue weighted by molar-refractivity contribution is 7.13. The number of carbonyl (C=O) groups excluding carboxylic acids is 1. The normalized spacial score (nSPS) is 10.6. The Hall–Kier alpha value is -0.830. The van der Waals surface area contributed by atoms with Crippen LogP contribution in [0.2, 0.25) is 0 Å². The van der Waals surface area contributed by atoms with Gasteiger partial charge in [0.25, 0.3) is 5.91 Å². The summed E-state index contributed by atoms with van der Waals surface area (Å²) >= 11 is 1.56. The van der Waals surface area contributed by atoms with E-state index in [2.05, 4.69) is 13.8 Å². The van der Waals surface area contributed by atoms with Gasteiger partial charge < -0.3 is 4.90 Å². The van der Waals surface area contributed by atoms with Crippen LogP contribution in [0.3, 0.4) is 0 Å². The minimum atomic E-state index is 0.136. The second kappa shape index (κ2) is 4.60. The van der Waals surface area contributed by atoms with Gasteiger partial charge in [-0.15, -0.1) is 11.3 Å². The van der Waals surface area contributed by atoms with Crippen LogP contribution >= 0.6 is 11.3 Å². The van der Waals surface area contributed by atoms with Gasteiger partial charge in [-0.25, -0.2) is 0 Å². The van der Waals surface area contributed by atoms with Crippen molar-refractivity contribution in [1.29, 1.82) is 0 Å². The van der Waals surface area contributed by atoms with Crippen molar-refractivity contribution in [3.8, 4) is 0 Å². The Balaban J connectivity index is 2.65. The molecule has 0 aliphatic rings. The molecule has 2 nitrogen and oxygen atoms in total. The minimum Gasteiger partial charge on any atom is -0.341 e. The summed E-state index contributed by atoms with van der Waals surface area (Å²) in [6.07, 6.45) is 0. The van der Waals surface area contributed by atoms with Crippen LogP contribution in [0.4, 0.5) is 0 Å². The summed E-state index contributed by atoms with van der Waals surface area (Å²) in [6.45, 7) is 7.06. The molecule has 0 spiro atoms. The molecule has 1 aromatic heterocycles. The fourth-order valence-electron chi connectivity index (χ4n) is 1.37. The van der Waals surface area contributed by atoms with Crippen LogP contribution in [-0.2, 0) is 0 Å². The lowest BCUT2D eigenvalue weighted by molar-refractivity contribution is 0.0784. The summed E-state index contributed by atoms with van der Waals surface area (Å²) in [6, 6.07) is 3.89. The number of aryl methyl sites for hydroxylation is 1. The summed E-state index contributed by atoms with van der Waals surface area (Å²) in [7, 11) is 1.86. The lowest BCUT2D eigenvalue weighted by Gasteiger charge is -2.18. The average molecular weight is 211 g/mol. The average Bonchev–Trinajstić information content (AvgIpc) is 2.49. The third-order valence-electron chi connectivity index (χ3n) is 1.94. The molecule has 1 rings (SSSR count). The van der Waals surface area contributed by atoms with Crippen LogP contribution in [0.15, 0.2) is 12.1 Å². The molecule has 14 heavy (non-hydrogen) atoms. The second-order valence-corrected chi connectivity index (χ2v) is 5.28. The van der Waals surface area contributed by atoms with E-state index >= 15 is 0 Å². The topological polar surface area (TPSA) is 20.3 Å². The molecule has 0 aliphatic carbocycles. The number of amides is 1. The van der Waals surface area contributed by atoms with Crippen LogP contribution in [-0.4, -0.2) is 24.4 Å². The van der Waals surface area contributed by atoms with E-state index in [9.17, 15) is 4.79 Å². The van der Waals surface area contributed by atoms with Crippen LogP contribution in [0.25, 0.3) is 0 Å². The van der Waals surface area contributed by atoms with Crippen molar-refractivity contribution in [3.63, 3.8) is 0 Å². The molecular formula is C11H17NOS. The molecule has 1 aromatic rings. The molecule has 0 bridgehead atoms. The molecule has 1 amide bonds. The van der Waals surface area contributed by atoms with Gasteiger partial charge in [-0.1, -0.05) is 13.8 Å². The maximum absolute atomic E-state index is 11.8. The third kappa shape index (κ3) is 2.84.